The van der Waals surface area contributed by atoms with Crippen molar-refractivity contribution in [3.8, 4) is 12.3 Å². The molecule has 0 unspecified atom stereocenters. The van der Waals surface area contributed by atoms with Gasteiger partial charge in [-0.05, 0) is 30.0 Å². The van der Waals surface area contributed by atoms with E-state index in [9.17, 15) is 9.90 Å². The third-order valence-electron chi connectivity index (χ3n) is 5.56. The first-order valence-electron chi connectivity index (χ1n) is 10.7. The number of hydrogen-bond donors (Lipinski definition) is 3. The van der Waals surface area contributed by atoms with Crippen LogP contribution in [0, 0.1) is 17.8 Å². The number of benzene rings is 1. The number of nitrogens with zero attached hydrogens (tertiary/aromatic N) is 1. The summed E-state index contributed by atoms with van der Waals surface area (Å²) >= 11 is 0. The second kappa shape index (κ2) is 9.68. The number of carbonyl (C=O) groups excluding carboxylic acids is 1. The average Bonchev–Trinajstić information content (AvgIpc) is 3.06. The van der Waals surface area contributed by atoms with Gasteiger partial charge in [-0.2, -0.15) is 0 Å². The molecule has 0 bridgehead atoms. The van der Waals surface area contributed by atoms with Crippen molar-refractivity contribution >= 4 is 5.91 Å². The van der Waals surface area contributed by atoms with Crippen molar-refractivity contribution in [1.82, 2.24) is 15.5 Å². The van der Waals surface area contributed by atoms with Gasteiger partial charge in [0, 0.05) is 36.3 Å². The van der Waals surface area contributed by atoms with Gasteiger partial charge in [-0.3, -0.25) is 4.79 Å². The van der Waals surface area contributed by atoms with E-state index in [-0.39, 0.29) is 35.5 Å². The maximum Gasteiger partial charge on any atom is 0.240 e. The Morgan fingerprint density at radius 1 is 1.27 bits per heavy atom. The molecule has 1 aromatic carbocycles. The van der Waals surface area contributed by atoms with Gasteiger partial charge in [-0.25, -0.2) is 0 Å². The lowest BCUT2D eigenvalue weighted by molar-refractivity contribution is -0.137. The molecule has 5 nitrogen and oxygen atoms in total. The number of carbonyl (C=O) groups is 1. The highest BCUT2D eigenvalue weighted by Crippen LogP contribution is 2.29. The van der Waals surface area contributed by atoms with E-state index >= 15 is 0 Å². The van der Waals surface area contributed by atoms with Crippen molar-refractivity contribution in [2.75, 3.05) is 6.54 Å². The van der Waals surface area contributed by atoms with Crippen molar-refractivity contribution in [3.05, 3.63) is 47.7 Å². The predicted octanol–water partition coefficient (Wildman–Crippen LogP) is 3.21. The SMILES string of the molecule is C#Cc1ccc([C@H](C)NC(=C)[C@@H]2C[C@@H](O)CN2C(=O)[C@@H](NC(C)C)C(C)(C)C)cc1. The maximum atomic E-state index is 13.5. The van der Waals surface area contributed by atoms with Gasteiger partial charge < -0.3 is 20.6 Å². The molecule has 4 atom stereocenters. The molecule has 1 aliphatic rings. The molecule has 1 amide bonds. The van der Waals surface area contributed by atoms with Gasteiger partial charge >= 0.3 is 0 Å². The standard InChI is InChI=1S/C25H37N3O2/c1-9-19-10-12-20(13-11-19)17(4)27-18(5)22-14-21(29)15-28(22)24(30)23(25(6,7)8)26-16(2)3/h1,10-13,16-17,21-23,26-27,29H,5,14-15H2,2-4,6-8H3/t17-,21+,22-,23+/m0/s1. The molecule has 1 heterocycles. The Kier molecular flexibility index (Phi) is 7.74. The van der Waals surface area contributed by atoms with Gasteiger partial charge in [0.15, 0.2) is 0 Å². The number of terminal acetylenes is 1. The van der Waals surface area contributed by atoms with Gasteiger partial charge in [0.2, 0.25) is 5.91 Å². The monoisotopic (exact) mass is 411 g/mol. The lowest BCUT2D eigenvalue weighted by atomic mass is 9.85. The number of nitrogens with one attached hydrogen (secondary N) is 2. The van der Waals surface area contributed by atoms with Crippen LogP contribution in [0.15, 0.2) is 36.5 Å². The van der Waals surface area contributed by atoms with Gasteiger partial charge in [-0.1, -0.05) is 59.3 Å². The van der Waals surface area contributed by atoms with Crippen LogP contribution in [0.5, 0.6) is 0 Å². The van der Waals surface area contributed by atoms with Crippen LogP contribution in [0.25, 0.3) is 0 Å². The Balaban J connectivity index is 2.16. The molecule has 1 fully saturated rings. The van der Waals surface area contributed by atoms with E-state index in [1.165, 1.54) is 0 Å². The van der Waals surface area contributed by atoms with Crippen molar-refractivity contribution in [2.24, 2.45) is 5.41 Å². The highest BCUT2D eigenvalue weighted by Gasteiger charge is 2.42. The largest absolute Gasteiger partial charge is 0.391 e. The minimum atomic E-state index is -0.553. The normalized spacial score (nSPS) is 21.2. The summed E-state index contributed by atoms with van der Waals surface area (Å²) in [6.45, 7) is 16.8. The van der Waals surface area contributed by atoms with Crippen LogP contribution in [-0.2, 0) is 4.79 Å². The molecule has 1 aliphatic heterocycles. The minimum absolute atomic E-state index is 0.00576. The fraction of sp³-hybridized carbons (Fsp3) is 0.560. The predicted molar refractivity (Wildman–Crippen MR) is 123 cm³/mol. The summed E-state index contributed by atoms with van der Waals surface area (Å²) in [5, 5.41) is 17.2. The number of β-amino-alcohol motifs (C(OH)–C–C–N with tert-alkyl or cyclic N) is 1. The van der Waals surface area contributed by atoms with Crippen LogP contribution >= 0.6 is 0 Å². The average molecular weight is 412 g/mol. The van der Waals surface area contributed by atoms with Crippen LogP contribution in [0.3, 0.4) is 0 Å². The van der Waals surface area contributed by atoms with Crippen LogP contribution in [0.4, 0.5) is 0 Å². The fourth-order valence-corrected chi connectivity index (χ4v) is 3.90. The second-order valence-corrected chi connectivity index (χ2v) is 9.67. The van der Waals surface area contributed by atoms with E-state index in [1.807, 2.05) is 45.0 Å². The zero-order valence-corrected chi connectivity index (χ0v) is 19.2. The number of amides is 1. The third-order valence-corrected chi connectivity index (χ3v) is 5.56. The summed E-state index contributed by atoms with van der Waals surface area (Å²) in [6, 6.07) is 7.41. The van der Waals surface area contributed by atoms with Gasteiger partial charge in [0.1, 0.15) is 0 Å². The Morgan fingerprint density at radius 2 is 1.87 bits per heavy atom. The van der Waals surface area contributed by atoms with Crippen molar-refractivity contribution in [1.29, 1.82) is 0 Å². The van der Waals surface area contributed by atoms with Gasteiger partial charge in [-0.15, -0.1) is 6.42 Å². The number of aliphatic hydroxyl groups excluding tert-OH is 1. The minimum Gasteiger partial charge on any atom is -0.391 e. The van der Waals surface area contributed by atoms with Crippen molar-refractivity contribution in [2.45, 2.75) is 78.2 Å². The lowest BCUT2D eigenvalue weighted by Gasteiger charge is -2.37. The fourth-order valence-electron chi connectivity index (χ4n) is 3.90. The Bertz CT molecular complexity index is 786. The summed E-state index contributed by atoms with van der Waals surface area (Å²) in [4.78, 5) is 15.3. The molecule has 1 aromatic rings. The van der Waals surface area contributed by atoms with E-state index in [0.29, 0.717) is 13.0 Å². The summed E-state index contributed by atoms with van der Waals surface area (Å²) in [6.07, 6.45) is 5.37. The highest BCUT2D eigenvalue weighted by molar-refractivity contribution is 5.83. The Hall–Kier alpha value is -2.29. The molecule has 0 aliphatic carbocycles. The lowest BCUT2D eigenvalue weighted by Crippen LogP contribution is -2.56. The first-order valence-corrected chi connectivity index (χ1v) is 10.7. The molecule has 164 valence electrons. The molecule has 2 rings (SSSR count). The van der Waals surface area contributed by atoms with Gasteiger partial charge in [0.25, 0.3) is 0 Å². The molecule has 0 spiro atoms. The quantitative estimate of drug-likeness (QED) is 0.603. The number of aliphatic hydroxyl groups is 1. The molecule has 5 heteroatoms. The highest BCUT2D eigenvalue weighted by atomic mass is 16.3. The van der Waals surface area contributed by atoms with Crippen LogP contribution in [0.1, 0.15) is 65.1 Å². The molecule has 30 heavy (non-hydrogen) atoms. The number of rotatable bonds is 7. The molecule has 3 N–H and O–H groups in total. The van der Waals surface area contributed by atoms with Gasteiger partial charge in [0.05, 0.1) is 18.2 Å². The Morgan fingerprint density at radius 3 is 2.37 bits per heavy atom. The molecular formula is C25H37N3O2. The zero-order chi connectivity index (χ0) is 22.6. The smallest absolute Gasteiger partial charge is 0.240 e. The summed E-state index contributed by atoms with van der Waals surface area (Å²) < 4.78 is 0. The van der Waals surface area contributed by atoms with E-state index in [1.54, 1.807) is 4.90 Å². The second-order valence-electron chi connectivity index (χ2n) is 9.67. The number of hydrogen-bond acceptors (Lipinski definition) is 4. The zero-order valence-electron chi connectivity index (χ0n) is 19.2. The van der Waals surface area contributed by atoms with Crippen LogP contribution in [-0.4, -0.2) is 46.7 Å². The molecule has 0 saturated carbocycles. The summed E-state index contributed by atoms with van der Waals surface area (Å²) in [5.74, 6) is 2.63. The first-order chi connectivity index (χ1) is 13.9. The van der Waals surface area contributed by atoms with E-state index in [2.05, 4.69) is 43.9 Å². The maximum absolute atomic E-state index is 13.5. The first kappa shape index (κ1) is 24.0. The van der Waals surface area contributed by atoms with E-state index in [0.717, 1.165) is 16.8 Å². The van der Waals surface area contributed by atoms with E-state index in [4.69, 9.17) is 6.42 Å². The molecule has 0 aromatic heterocycles. The summed E-state index contributed by atoms with van der Waals surface area (Å²) in [7, 11) is 0. The molecule has 1 saturated heterocycles. The van der Waals surface area contributed by atoms with Crippen molar-refractivity contribution in [3.63, 3.8) is 0 Å². The Labute approximate surface area is 181 Å². The van der Waals surface area contributed by atoms with Crippen LogP contribution in [0.2, 0.25) is 0 Å². The van der Waals surface area contributed by atoms with Crippen LogP contribution < -0.4 is 10.6 Å². The van der Waals surface area contributed by atoms with Crippen molar-refractivity contribution < 1.29 is 9.90 Å². The topological polar surface area (TPSA) is 64.6 Å². The molecular weight excluding hydrogens is 374 g/mol. The van der Waals surface area contributed by atoms with E-state index < -0.39 is 6.10 Å². The molecule has 0 radical (unpaired) electrons. The number of likely N-dealkylation sites (tertiary alicyclic amines) is 1. The summed E-state index contributed by atoms with van der Waals surface area (Å²) in [5.41, 5.74) is 2.41. The third kappa shape index (κ3) is 5.87.